The Morgan fingerprint density at radius 1 is 1.30 bits per heavy atom. The Hall–Kier alpha value is -1.93. The molecule has 0 bridgehead atoms. The predicted molar refractivity (Wildman–Crippen MR) is 95.0 cm³/mol. The molecule has 1 aromatic rings. The van der Waals surface area contributed by atoms with E-state index in [-0.39, 0.29) is 0 Å². The second-order valence-electron chi connectivity index (χ2n) is 6.24. The van der Waals surface area contributed by atoms with E-state index in [0.717, 1.165) is 5.56 Å². The predicted octanol–water partition coefficient (Wildman–Crippen LogP) is 4.50. The molecule has 0 atom stereocenters. The summed E-state index contributed by atoms with van der Waals surface area (Å²) in [4.78, 5) is 13.8. The van der Waals surface area contributed by atoms with Gasteiger partial charge in [-0.1, -0.05) is 29.8 Å². The van der Waals surface area contributed by atoms with Crippen molar-refractivity contribution in [1.29, 1.82) is 5.26 Å². The van der Waals surface area contributed by atoms with Crippen molar-refractivity contribution < 1.29 is 9.53 Å². The van der Waals surface area contributed by atoms with Crippen LogP contribution < -0.4 is 0 Å². The fourth-order valence-corrected chi connectivity index (χ4v) is 3.07. The van der Waals surface area contributed by atoms with Crippen molar-refractivity contribution in [2.45, 2.75) is 39.7 Å². The molecule has 23 heavy (non-hydrogen) atoms. The molecular weight excluding hydrogens is 308 g/mol. The van der Waals surface area contributed by atoms with Gasteiger partial charge in [0.15, 0.2) is 0 Å². The van der Waals surface area contributed by atoms with E-state index >= 15 is 0 Å². The molecule has 4 nitrogen and oxygen atoms in total. The Labute approximate surface area is 143 Å². The summed E-state index contributed by atoms with van der Waals surface area (Å²) in [6.07, 6.45) is 1.89. The molecule has 0 fully saturated rings. The smallest absolute Gasteiger partial charge is 0.414 e. The number of amides is 1. The fourth-order valence-electron chi connectivity index (χ4n) is 2.18. The number of carbonyl (C=O) groups is 1. The van der Waals surface area contributed by atoms with Crippen molar-refractivity contribution in [3.05, 3.63) is 46.0 Å². The molecule has 0 heterocycles. The first-order valence-electron chi connectivity index (χ1n) is 7.35. The molecule has 0 spiro atoms. The number of ether oxygens (including phenoxy) is 1. The highest BCUT2D eigenvalue weighted by Gasteiger charge is 2.32. The van der Waals surface area contributed by atoms with Crippen molar-refractivity contribution in [3.63, 3.8) is 0 Å². The topological polar surface area (TPSA) is 53.3 Å². The van der Waals surface area contributed by atoms with Gasteiger partial charge < -0.3 is 4.74 Å². The Balaban J connectivity index is 3.32. The quantitative estimate of drug-likeness (QED) is 0.762. The first kappa shape index (κ1) is 19.1. The maximum absolute atomic E-state index is 12.2. The van der Waals surface area contributed by atoms with Gasteiger partial charge in [-0.15, -0.1) is 11.8 Å². The lowest BCUT2D eigenvalue weighted by molar-refractivity contribution is 0.107. The van der Waals surface area contributed by atoms with Crippen LogP contribution in [0.25, 0.3) is 0 Å². The summed E-state index contributed by atoms with van der Waals surface area (Å²) in [5.41, 5.74) is 2.28. The van der Waals surface area contributed by atoms with Gasteiger partial charge in [0.2, 0.25) is 0 Å². The van der Waals surface area contributed by atoms with Gasteiger partial charge in [0.25, 0.3) is 0 Å². The molecule has 5 heteroatoms. The van der Waals surface area contributed by atoms with E-state index in [1.165, 1.54) is 24.4 Å². The van der Waals surface area contributed by atoms with Gasteiger partial charge in [0, 0.05) is 12.0 Å². The summed E-state index contributed by atoms with van der Waals surface area (Å²) in [5.74, 6) is 0. The molecule has 0 unspecified atom stereocenters. The normalized spacial score (nSPS) is 12.2. The second-order valence-corrected chi connectivity index (χ2v) is 7.03. The molecule has 0 aliphatic carbocycles. The van der Waals surface area contributed by atoms with Crippen molar-refractivity contribution >= 4 is 17.9 Å². The fraction of sp³-hybridized carbons (Fsp3) is 0.444. The summed E-state index contributed by atoms with van der Waals surface area (Å²) in [6.45, 7) is 7.78. The molecule has 0 aliphatic heterocycles. The number of nitriles is 1. The molecule has 1 aromatic carbocycles. The molecule has 0 N–H and O–H groups in total. The number of benzene rings is 1. The minimum Gasteiger partial charge on any atom is -0.452 e. The molecule has 0 aliphatic rings. The van der Waals surface area contributed by atoms with Gasteiger partial charge in [-0.3, -0.25) is 4.90 Å². The van der Waals surface area contributed by atoms with E-state index in [2.05, 4.69) is 6.07 Å². The zero-order valence-corrected chi connectivity index (χ0v) is 15.5. The van der Waals surface area contributed by atoms with Crippen LogP contribution in [0.1, 0.15) is 31.9 Å². The highest BCUT2D eigenvalue weighted by Crippen LogP contribution is 2.31. The number of methoxy groups -OCH3 is 1. The number of nitrogens with zero attached hydrogens (tertiary/aromatic N) is 2. The van der Waals surface area contributed by atoms with E-state index < -0.39 is 11.6 Å². The van der Waals surface area contributed by atoms with Gasteiger partial charge >= 0.3 is 6.09 Å². The van der Waals surface area contributed by atoms with Crippen LogP contribution in [0.5, 0.6) is 0 Å². The van der Waals surface area contributed by atoms with Crippen LogP contribution >= 0.6 is 11.8 Å². The van der Waals surface area contributed by atoms with Crippen LogP contribution in [-0.2, 0) is 11.2 Å². The third kappa shape index (κ3) is 5.04. The largest absolute Gasteiger partial charge is 0.452 e. The van der Waals surface area contributed by atoms with E-state index in [9.17, 15) is 10.1 Å². The first-order chi connectivity index (χ1) is 10.7. The highest BCUT2D eigenvalue weighted by atomic mass is 32.2. The average molecular weight is 332 g/mol. The number of carbonyl (C=O) groups excluding carboxylic acids is 1. The highest BCUT2D eigenvalue weighted by molar-refractivity contribution is 8.02. The number of thioether (sulfide) groups is 1. The van der Waals surface area contributed by atoms with Crippen LogP contribution in [0.4, 0.5) is 4.79 Å². The Kier molecular flexibility index (Phi) is 6.71. The molecule has 1 rings (SSSR count). The zero-order chi connectivity index (χ0) is 17.6. The van der Waals surface area contributed by atoms with Crippen LogP contribution in [0, 0.1) is 18.3 Å². The number of allylic oxidation sites excluding steroid dienone is 1. The molecule has 0 saturated heterocycles. The van der Waals surface area contributed by atoms with Gasteiger partial charge in [0.05, 0.1) is 23.8 Å². The van der Waals surface area contributed by atoms with E-state index in [1.807, 2.05) is 58.2 Å². The van der Waals surface area contributed by atoms with Crippen molar-refractivity contribution in [3.8, 4) is 6.07 Å². The maximum atomic E-state index is 12.2. The number of hydrogen-bond donors (Lipinski definition) is 0. The lowest BCUT2D eigenvalue weighted by Crippen LogP contribution is -2.44. The van der Waals surface area contributed by atoms with Crippen molar-refractivity contribution in [2.75, 3.05) is 13.4 Å². The van der Waals surface area contributed by atoms with E-state index in [0.29, 0.717) is 17.0 Å². The molecule has 0 radical (unpaired) electrons. The van der Waals surface area contributed by atoms with Crippen LogP contribution in [0.15, 0.2) is 34.9 Å². The molecule has 1 amide bonds. The Morgan fingerprint density at radius 2 is 1.87 bits per heavy atom. The van der Waals surface area contributed by atoms with Crippen molar-refractivity contribution in [2.24, 2.45) is 0 Å². The SMILES string of the molecule is COC(=O)N(/C(SC)=C(\C#N)Cc1ccc(C)cc1)C(C)(C)C. The second kappa shape index (κ2) is 8.07. The third-order valence-corrected chi connectivity index (χ3v) is 4.13. The minimum atomic E-state index is -0.485. The monoisotopic (exact) mass is 332 g/mol. The van der Waals surface area contributed by atoms with Crippen LogP contribution in [-0.4, -0.2) is 29.9 Å². The Bertz CT molecular complexity index is 622. The summed E-state index contributed by atoms with van der Waals surface area (Å²) in [6, 6.07) is 10.3. The van der Waals surface area contributed by atoms with Gasteiger partial charge in [-0.05, 0) is 39.5 Å². The molecule has 124 valence electrons. The maximum Gasteiger partial charge on any atom is 0.414 e. The van der Waals surface area contributed by atoms with Crippen molar-refractivity contribution in [1.82, 2.24) is 4.90 Å². The van der Waals surface area contributed by atoms with Crippen LogP contribution in [0.2, 0.25) is 0 Å². The lowest BCUT2D eigenvalue weighted by atomic mass is 10.0. The summed E-state index contributed by atoms with van der Waals surface area (Å²) < 4.78 is 4.91. The van der Waals surface area contributed by atoms with Crippen LogP contribution in [0.3, 0.4) is 0 Å². The zero-order valence-electron chi connectivity index (χ0n) is 14.6. The number of rotatable bonds is 4. The number of hydrogen-bond acceptors (Lipinski definition) is 4. The average Bonchev–Trinajstić information content (AvgIpc) is 2.50. The summed E-state index contributed by atoms with van der Waals surface area (Å²) >= 11 is 1.39. The summed E-state index contributed by atoms with van der Waals surface area (Å²) in [7, 11) is 1.35. The minimum absolute atomic E-state index is 0.460. The summed E-state index contributed by atoms with van der Waals surface area (Å²) in [5, 5.41) is 10.2. The van der Waals surface area contributed by atoms with Gasteiger partial charge in [0.1, 0.15) is 0 Å². The standard InChI is InChI=1S/C18H24N2O2S/c1-13-7-9-14(10-8-13)11-15(12-19)16(23-6)20(17(21)22-5)18(2,3)4/h7-10H,11H2,1-6H3/b16-15+. The van der Waals surface area contributed by atoms with Gasteiger partial charge in [-0.2, -0.15) is 5.26 Å². The van der Waals surface area contributed by atoms with E-state index in [1.54, 1.807) is 4.90 Å². The van der Waals surface area contributed by atoms with E-state index in [4.69, 9.17) is 4.74 Å². The lowest BCUT2D eigenvalue weighted by Gasteiger charge is -2.35. The third-order valence-electron chi connectivity index (χ3n) is 3.32. The van der Waals surface area contributed by atoms with Gasteiger partial charge in [-0.25, -0.2) is 4.79 Å². The molecule has 0 aromatic heterocycles. The molecule has 0 saturated carbocycles. The number of aryl methyl sites for hydroxylation is 1. The molecular formula is C18H24N2O2S. The Morgan fingerprint density at radius 3 is 2.26 bits per heavy atom. The first-order valence-corrected chi connectivity index (χ1v) is 8.58.